The Morgan fingerprint density at radius 2 is 1.89 bits per heavy atom. The van der Waals surface area contributed by atoms with E-state index in [4.69, 9.17) is 4.74 Å². The Morgan fingerprint density at radius 1 is 1.16 bits per heavy atom. The number of hydrogen-bond donors (Lipinski definition) is 0. The van der Waals surface area contributed by atoms with Crippen LogP contribution in [0, 0.1) is 27.7 Å². The fraction of sp³-hybridized carbons (Fsp3) is 0. The van der Waals surface area contributed by atoms with Crippen LogP contribution in [0.3, 0.4) is 0 Å². The highest BCUT2D eigenvalue weighted by molar-refractivity contribution is 5.40. The van der Waals surface area contributed by atoms with E-state index in [1.165, 1.54) is 12.1 Å². The minimum Gasteiger partial charge on any atom is -0.436 e. The lowest BCUT2D eigenvalue weighted by atomic mass is 10.3. The minimum atomic E-state index is -1.27. The van der Waals surface area contributed by atoms with Crippen LogP contribution >= 0.6 is 0 Å². The van der Waals surface area contributed by atoms with Crippen molar-refractivity contribution < 1.29 is 22.8 Å². The van der Waals surface area contributed by atoms with E-state index >= 15 is 0 Å². The molecule has 0 amide bonds. The molecule has 0 radical (unpaired) electrons. The normalized spacial score (nSPS) is 10.3. The lowest BCUT2D eigenvalue weighted by Crippen LogP contribution is -1.97. The first-order valence-corrected chi connectivity index (χ1v) is 4.91. The van der Waals surface area contributed by atoms with Gasteiger partial charge >= 0.3 is 5.69 Å². The molecule has 1 heterocycles. The van der Waals surface area contributed by atoms with Gasteiger partial charge in [0.2, 0.25) is 17.6 Å². The summed E-state index contributed by atoms with van der Waals surface area (Å²) >= 11 is 0. The standard InChI is InChI=1S/C11H5F3N2O3/c12-6-5-9(7(13)4-8(6)16(17)18)19-11-3-1-2-10(14)15-11/h1-5H. The number of nitrogens with zero attached hydrogens (tertiary/aromatic N) is 2. The zero-order chi connectivity index (χ0) is 14.0. The zero-order valence-corrected chi connectivity index (χ0v) is 9.14. The van der Waals surface area contributed by atoms with Crippen molar-refractivity contribution in [1.29, 1.82) is 0 Å². The molecule has 0 bridgehead atoms. The van der Waals surface area contributed by atoms with Crippen molar-refractivity contribution in [3.8, 4) is 11.6 Å². The molecule has 2 rings (SSSR count). The van der Waals surface area contributed by atoms with Crippen molar-refractivity contribution in [2.75, 3.05) is 0 Å². The van der Waals surface area contributed by atoms with Crippen LogP contribution in [0.4, 0.5) is 18.9 Å². The van der Waals surface area contributed by atoms with E-state index in [1.807, 2.05) is 0 Å². The zero-order valence-electron chi connectivity index (χ0n) is 9.14. The Balaban J connectivity index is 2.36. The summed E-state index contributed by atoms with van der Waals surface area (Å²) in [4.78, 5) is 12.6. The number of hydrogen-bond acceptors (Lipinski definition) is 4. The van der Waals surface area contributed by atoms with Crippen LogP contribution in [-0.4, -0.2) is 9.91 Å². The van der Waals surface area contributed by atoms with Gasteiger partial charge in [-0.2, -0.15) is 13.8 Å². The molecule has 19 heavy (non-hydrogen) atoms. The van der Waals surface area contributed by atoms with Crippen molar-refractivity contribution in [2.24, 2.45) is 0 Å². The number of nitro benzene ring substituents is 1. The first kappa shape index (κ1) is 12.8. The topological polar surface area (TPSA) is 65.3 Å². The van der Waals surface area contributed by atoms with Gasteiger partial charge in [0.05, 0.1) is 11.0 Å². The molecule has 0 atom stereocenters. The van der Waals surface area contributed by atoms with Crippen molar-refractivity contribution in [1.82, 2.24) is 4.98 Å². The highest BCUT2D eigenvalue weighted by atomic mass is 19.1. The molecule has 0 unspecified atom stereocenters. The second-order valence-electron chi connectivity index (χ2n) is 3.39. The van der Waals surface area contributed by atoms with Gasteiger partial charge in [-0.05, 0) is 6.07 Å². The first-order valence-electron chi connectivity index (χ1n) is 4.91. The third kappa shape index (κ3) is 2.79. The summed E-state index contributed by atoms with van der Waals surface area (Å²) in [5.74, 6) is -4.20. The van der Waals surface area contributed by atoms with E-state index in [9.17, 15) is 23.3 Å². The van der Waals surface area contributed by atoms with Crippen molar-refractivity contribution in [3.63, 3.8) is 0 Å². The Hall–Kier alpha value is -2.64. The third-order valence-corrected chi connectivity index (χ3v) is 2.10. The number of ether oxygens (including phenoxy) is 1. The first-order chi connectivity index (χ1) is 8.97. The Morgan fingerprint density at radius 3 is 2.53 bits per heavy atom. The Bertz CT molecular complexity index is 649. The van der Waals surface area contributed by atoms with Gasteiger partial charge in [0.15, 0.2) is 11.6 Å². The molecule has 0 N–H and O–H groups in total. The van der Waals surface area contributed by atoms with E-state index in [2.05, 4.69) is 4.98 Å². The number of pyridine rings is 1. The summed E-state index contributed by atoms with van der Waals surface area (Å²) < 4.78 is 44.3. The van der Waals surface area contributed by atoms with Crippen LogP contribution in [0.25, 0.3) is 0 Å². The van der Waals surface area contributed by atoms with E-state index in [-0.39, 0.29) is 5.88 Å². The maximum Gasteiger partial charge on any atom is 0.307 e. The minimum absolute atomic E-state index is 0.299. The van der Waals surface area contributed by atoms with Gasteiger partial charge in [0.25, 0.3) is 0 Å². The number of halogens is 3. The second kappa shape index (κ2) is 4.92. The smallest absolute Gasteiger partial charge is 0.307 e. The molecule has 98 valence electrons. The number of nitro groups is 1. The predicted molar refractivity (Wildman–Crippen MR) is 57.3 cm³/mol. The molecule has 8 heteroatoms. The van der Waals surface area contributed by atoms with E-state index in [0.29, 0.717) is 12.1 Å². The summed E-state index contributed by atoms with van der Waals surface area (Å²) in [5, 5.41) is 10.4. The molecular weight excluding hydrogens is 265 g/mol. The average Bonchev–Trinajstić information content (AvgIpc) is 2.33. The average molecular weight is 270 g/mol. The Labute approximate surface area is 104 Å². The van der Waals surface area contributed by atoms with Crippen LogP contribution in [0.2, 0.25) is 0 Å². The predicted octanol–water partition coefficient (Wildman–Crippen LogP) is 3.20. The van der Waals surface area contributed by atoms with Crippen molar-refractivity contribution >= 4 is 5.69 Å². The lowest BCUT2D eigenvalue weighted by molar-refractivity contribution is -0.387. The fourth-order valence-corrected chi connectivity index (χ4v) is 1.30. The van der Waals surface area contributed by atoms with Crippen LogP contribution < -0.4 is 4.74 Å². The summed E-state index contributed by atoms with van der Waals surface area (Å²) in [5.41, 5.74) is -1.02. The van der Waals surface area contributed by atoms with Crippen LogP contribution in [0.1, 0.15) is 0 Å². The number of aromatic nitrogens is 1. The van der Waals surface area contributed by atoms with Gasteiger partial charge in [-0.1, -0.05) is 6.07 Å². The summed E-state index contributed by atoms with van der Waals surface area (Å²) in [6.45, 7) is 0. The van der Waals surface area contributed by atoms with Crippen LogP contribution in [0.15, 0.2) is 30.3 Å². The van der Waals surface area contributed by atoms with Gasteiger partial charge in [-0.15, -0.1) is 0 Å². The van der Waals surface area contributed by atoms with Crippen molar-refractivity contribution in [3.05, 3.63) is 58.0 Å². The summed E-state index contributed by atoms with van der Waals surface area (Å²) in [7, 11) is 0. The van der Waals surface area contributed by atoms with Gasteiger partial charge in [-0.25, -0.2) is 4.39 Å². The molecule has 0 saturated carbocycles. The van der Waals surface area contributed by atoms with E-state index in [1.54, 1.807) is 0 Å². The molecule has 1 aromatic carbocycles. The largest absolute Gasteiger partial charge is 0.436 e. The van der Waals surface area contributed by atoms with Crippen molar-refractivity contribution in [2.45, 2.75) is 0 Å². The molecule has 0 spiro atoms. The van der Waals surface area contributed by atoms with Crippen LogP contribution in [-0.2, 0) is 0 Å². The fourth-order valence-electron chi connectivity index (χ4n) is 1.30. The molecule has 0 fully saturated rings. The molecule has 5 nitrogen and oxygen atoms in total. The summed E-state index contributed by atoms with van der Waals surface area (Å²) in [6, 6.07) is 4.41. The monoisotopic (exact) mass is 270 g/mol. The highest BCUT2D eigenvalue weighted by Crippen LogP contribution is 2.29. The summed E-state index contributed by atoms with van der Waals surface area (Å²) in [6.07, 6.45) is 0. The Kier molecular flexibility index (Phi) is 3.32. The molecule has 2 aromatic rings. The quantitative estimate of drug-likeness (QED) is 0.488. The second-order valence-corrected chi connectivity index (χ2v) is 3.39. The highest BCUT2D eigenvalue weighted by Gasteiger charge is 2.20. The SMILES string of the molecule is O=[N+]([O-])c1cc(F)c(Oc2cccc(F)n2)cc1F. The number of rotatable bonds is 3. The van der Waals surface area contributed by atoms with E-state index in [0.717, 1.165) is 6.07 Å². The molecular formula is C11H5F3N2O3. The van der Waals surface area contributed by atoms with Gasteiger partial charge < -0.3 is 4.74 Å². The maximum absolute atomic E-state index is 13.5. The molecule has 0 aliphatic rings. The third-order valence-electron chi connectivity index (χ3n) is 2.10. The molecule has 1 aromatic heterocycles. The maximum atomic E-state index is 13.5. The van der Waals surface area contributed by atoms with Crippen LogP contribution in [0.5, 0.6) is 11.6 Å². The molecule has 0 aliphatic heterocycles. The molecule has 0 saturated heterocycles. The van der Waals surface area contributed by atoms with Gasteiger partial charge in [-0.3, -0.25) is 10.1 Å². The number of benzene rings is 1. The van der Waals surface area contributed by atoms with Gasteiger partial charge in [0.1, 0.15) is 0 Å². The molecule has 0 aliphatic carbocycles. The lowest BCUT2D eigenvalue weighted by Gasteiger charge is -2.05. The van der Waals surface area contributed by atoms with Gasteiger partial charge in [0, 0.05) is 12.1 Å². The van der Waals surface area contributed by atoms with E-state index < -0.39 is 33.9 Å².